The van der Waals surface area contributed by atoms with E-state index < -0.39 is 11.3 Å². The SMILES string of the molecule is CNC(=O)c1cn(-c2ccc3c(c2)CCC3)c2nc(Nc3cccc(N4CC(C)NC(C)C4)c3)ncc2c1=O. The minimum Gasteiger partial charge on any atom is -0.368 e. The molecule has 2 aliphatic rings. The van der Waals surface area contributed by atoms with Crippen molar-refractivity contribution in [3.05, 3.63) is 81.8 Å². The summed E-state index contributed by atoms with van der Waals surface area (Å²) in [4.78, 5) is 37.4. The molecule has 9 nitrogen and oxygen atoms in total. The number of rotatable bonds is 5. The second-order valence-electron chi connectivity index (χ2n) is 10.6. The molecule has 0 bridgehead atoms. The van der Waals surface area contributed by atoms with Crippen molar-refractivity contribution in [2.24, 2.45) is 0 Å². The minimum atomic E-state index is -0.438. The maximum absolute atomic E-state index is 13.3. The highest BCUT2D eigenvalue weighted by molar-refractivity contribution is 5.97. The molecule has 2 aromatic heterocycles. The lowest BCUT2D eigenvalue weighted by molar-refractivity contribution is 0.0961. The molecule has 1 fully saturated rings. The quantitative estimate of drug-likeness (QED) is 0.368. The van der Waals surface area contributed by atoms with E-state index >= 15 is 0 Å². The number of carbonyl (C=O) groups excluding carboxylic acids is 1. The van der Waals surface area contributed by atoms with Crippen molar-refractivity contribution in [1.29, 1.82) is 0 Å². The van der Waals surface area contributed by atoms with Gasteiger partial charge in [-0.2, -0.15) is 4.98 Å². The van der Waals surface area contributed by atoms with Gasteiger partial charge in [-0.05, 0) is 74.6 Å². The Bertz CT molecular complexity index is 1620. The lowest BCUT2D eigenvalue weighted by Gasteiger charge is -2.37. The smallest absolute Gasteiger partial charge is 0.256 e. The van der Waals surface area contributed by atoms with Gasteiger partial charge in [0.25, 0.3) is 5.91 Å². The fourth-order valence-corrected chi connectivity index (χ4v) is 5.82. The number of nitrogens with zero attached hydrogens (tertiary/aromatic N) is 4. The van der Waals surface area contributed by atoms with Gasteiger partial charge in [0, 0.05) is 61.7 Å². The molecule has 0 radical (unpaired) electrons. The monoisotopic (exact) mass is 523 g/mol. The second-order valence-corrected chi connectivity index (χ2v) is 10.6. The van der Waals surface area contributed by atoms with Crippen LogP contribution in [0.3, 0.4) is 0 Å². The number of anilines is 3. The summed E-state index contributed by atoms with van der Waals surface area (Å²) in [5, 5.41) is 9.77. The molecule has 39 heavy (non-hydrogen) atoms. The maximum atomic E-state index is 13.3. The molecule has 2 unspecified atom stereocenters. The van der Waals surface area contributed by atoms with Crippen molar-refractivity contribution in [2.45, 2.75) is 45.2 Å². The highest BCUT2D eigenvalue weighted by Gasteiger charge is 2.22. The number of carbonyl (C=O) groups is 1. The molecule has 0 saturated carbocycles. The van der Waals surface area contributed by atoms with Crippen molar-refractivity contribution in [3.63, 3.8) is 0 Å². The molecule has 2 aromatic carbocycles. The van der Waals surface area contributed by atoms with Gasteiger partial charge in [-0.3, -0.25) is 9.59 Å². The topological polar surface area (TPSA) is 104 Å². The molecule has 0 spiro atoms. The van der Waals surface area contributed by atoms with E-state index in [4.69, 9.17) is 4.98 Å². The number of pyridine rings is 1. The average Bonchev–Trinajstić information content (AvgIpc) is 3.41. The number of fused-ring (bicyclic) bond motifs is 2. The molecule has 9 heteroatoms. The summed E-state index contributed by atoms with van der Waals surface area (Å²) in [6, 6.07) is 15.3. The Morgan fingerprint density at radius 2 is 1.82 bits per heavy atom. The molecule has 4 aromatic rings. The number of aromatic nitrogens is 3. The average molecular weight is 524 g/mol. The van der Waals surface area contributed by atoms with E-state index in [1.807, 2.05) is 22.8 Å². The van der Waals surface area contributed by atoms with Crippen molar-refractivity contribution >= 4 is 34.3 Å². The first-order chi connectivity index (χ1) is 18.9. The van der Waals surface area contributed by atoms with Crippen LogP contribution in [0.4, 0.5) is 17.3 Å². The van der Waals surface area contributed by atoms with Crippen LogP contribution in [0.25, 0.3) is 16.7 Å². The van der Waals surface area contributed by atoms with E-state index in [1.54, 1.807) is 6.20 Å². The van der Waals surface area contributed by atoms with Gasteiger partial charge in [0.2, 0.25) is 11.4 Å². The molecular formula is C30H33N7O2. The number of benzene rings is 2. The number of hydrogen-bond donors (Lipinski definition) is 3. The fraction of sp³-hybridized carbons (Fsp3) is 0.333. The van der Waals surface area contributed by atoms with Gasteiger partial charge >= 0.3 is 0 Å². The zero-order valence-electron chi connectivity index (χ0n) is 22.5. The molecule has 1 amide bonds. The maximum Gasteiger partial charge on any atom is 0.256 e. The fourth-order valence-electron chi connectivity index (χ4n) is 5.82. The van der Waals surface area contributed by atoms with Gasteiger partial charge in [0.1, 0.15) is 5.56 Å². The Morgan fingerprint density at radius 1 is 1.03 bits per heavy atom. The summed E-state index contributed by atoms with van der Waals surface area (Å²) in [5.41, 5.74) is 5.61. The highest BCUT2D eigenvalue weighted by atomic mass is 16.2. The van der Waals surface area contributed by atoms with E-state index in [1.165, 1.54) is 24.4 Å². The Labute approximate surface area is 227 Å². The standard InChI is InChI=1S/C30H33N7O2/c1-18-15-36(16-19(2)33-18)23-9-5-8-22(13-23)34-30-32-14-25-27(38)26(29(39)31-3)17-37(28(25)35-30)24-11-10-20-6-4-7-21(20)12-24/h5,8-14,17-19,33H,4,6-7,15-16H2,1-3H3,(H,31,39)(H,32,34,35). The number of aryl methyl sites for hydroxylation is 2. The summed E-state index contributed by atoms with van der Waals surface area (Å²) >= 11 is 0. The molecule has 6 rings (SSSR count). The van der Waals surface area contributed by atoms with Gasteiger partial charge in [0.15, 0.2) is 5.65 Å². The van der Waals surface area contributed by atoms with Gasteiger partial charge in [-0.25, -0.2) is 4.98 Å². The number of hydrogen-bond acceptors (Lipinski definition) is 7. The molecule has 1 aliphatic carbocycles. The van der Waals surface area contributed by atoms with Crippen molar-refractivity contribution in [3.8, 4) is 5.69 Å². The molecule has 3 N–H and O–H groups in total. The van der Waals surface area contributed by atoms with Crippen LogP contribution in [-0.2, 0) is 12.8 Å². The van der Waals surface area contributed by atoms with E-state index in [0.29, 0.717) is 29.1 Å². The Hall–Kier alpha value is -4.24. The van der Waals surface area contributed by atoms with Crippen molar-refractivity contribution in [1.82, 2.24) is 25.2 Å². The molecule has 200 valence electrons. The predicted molar refractivity (Wildman–Crippen MR) is 155 cm³/mol. The van der Waals surface area contributed by atoms with Crippen LogP contribution in [0.15, 0.2) is 59.7 Å². The molecule has 3 heterocycles. The predicted octanol–water partition coefficient (Wildman–Crippen LogP) is 3.56. The van der Waals surface area contributed by atoms with Crippen LogP contribution >= 0.6 is 0 Å². The normalized spacial score (nSPS) is 18.7. The third-order valence-electron chi connectivity index (χ3n) is 7.60. The Balaban J connectivity index is 1.40. The van der Waals surface area contributed by atoms with Gasteiger partial charge in [0.05, 0.1) is 5.39 Å². The summed E-state index contributed by atoms with van der Waals surface area (Å²) in [6.07, 6.45) is 6.32. The van der Waals surface area contributed by atoms with E-state index in [-0.39, 0.29) is 5.56 Å². The van der Waals surface area contributed by atoms with Crippen LogP contribution in [0.1, 0.15) is 41.8 Å². The minimum absolute atomic E-state index is 0.0574. The van der Waals surface area contributed by atoms with E-state index in [0.717, 1.165) is 49.4 Å². The van der Waals surface area contributed by atoms with Gasteiger partial charge in [-0.1, -0.05) is 12.1 Å². The van der Waals surface area contributed by atoms with Crippen molar-refractivity contribution in [2.75, 3.05) is 30.4 Å². The van der Waals surface area contributed by atoms with E-state index in [2.05, 4.69) is 63.9 Å². The van der Waals surface area contributed by atoms with Crippen LogP contribution < -0.4 is 26.3 Å². The largest absolute Gasteiger partial charge is 0.368 e. The number of amides is 1. The first-order valence-corrected chi connectivity index (χ1v) is 13.5. The number of nitrogens with one attached hydrogen (secondary N) is 3. The van der Waals surface area contributed by atoms with Gasteiger partial charge < -0.3 is 25.4 Å². The Morgan fingerprint density at radius 3 is 2.62 bits per heavy atom. The molecular weight excluding hydrogens is 490 g/mol. The summed E-state index contributed by atoms with van der Waals surface area (Å²) in [7, 11) is 1.52. The first-order valence-electron chi connectivity index (χ1n) is 13.5. The van der Waals surface area contributed by atoms with Crippen LogP contribution in [0, 0.1) is 0 Å². The third kappa shape index (κ3) is 4.85. The summed E-state index contributed by atoms with van der Waals surface area (Å²) < 4.78 is 1.83. The summed E-state index contributed by atoms with van der Waals surface area (Å²) in [6.45, 7) is 6.26. The zero-order valence-corrected chi connectivity index (χ0v) is 22.5. The lowest BCUT2D eigenvalue weighted by atomic mass is 10.1. The summed E-state index contributed by atoms with van der Waals surface area (Å²) in [5.74, 6) is -0.0592. The zero-order chi connectivity index (χ0) is 27.1. The molecule has 1 saturated heterocycles. The molecule has 1 aliphatic heterocycles. The highest BCUT2D eigenvalue weighted by Crippen LogP contribution is 2.27. The number of piperazine rings is 1. The second kappa shape index (κ2) is 10.1. The van der Waals surface area contributed by atoms with Crippen LogP contribution in [0.2, 0.25) is 0 Å². The van der Waals surface area contributed by atoms with Gasteiger partial charge in [-0.15, -0.1) is 0 Å². The van der Waals surface area contributed by atoms with Crippen molar-refractivity contribution < 1.29 is 4.79 Å². The lowest BCUT2D eigenvalue weighted by Crippen LogP contribution is -2.54. The first kappa shape index (κ1) is 25.1. The third-order valence-corrected chi connectivity index (χ3v) is 7.60. The molecule has 2 atom stereocenters. The Kier molecular flexibility index (Phi) is 6.52. The van der Waals surface area contributed by atoms with Crippen LogP contribution in [0.5, 0.6) is 0 Å². The van der Waals surface area contributed by atoms with E-state index in [9.17, 15) is 9.59 Å². The van der Waals surface area contributed by atoms with Crippen LogP contribution in [-0.4, -0.2) is 52.7 Å².